The Kier molecular flexibility index (Phi) is 3.43. The highest BCUT2D eigenvalue weighted by molar-refractivity contribution is 5.07. The van der Waals surface area contributed by atoms with Gasteiger partial charge in [-0.2, -0.15) is 0 Å². The number of allylic oxidation sites excluding steroid dienone is 1. The number of hydrogen-bond donors (Lipinski definition) is 1. The standard InChI is InChI=1S/C9H20N2/c1-9(2,3)8(7-10-4)11(5)6/h7,10H,1-6H3/b8-7-. The molecule has 11 heavy (non-hydrogen) atoms. The van der Waals surface area contributed by atoms with Gasteiger partial charge < -0.3 is 10.2 Å². The van der Waals surface area contributed by atoms with Crippen LogP contribution in [0.1, 0.15) is 20.8 Å². The second-order valence-corrected chi connectivity index (χ2v) is 3.96. The fraction of sp³-hybridized carbons (Fsp3) is 0.778. The van der Waals surface area contributed by atoms with Crippen LogP contribution in [0.2, 0.25) is 0 Å². The molecule has 2 heteroatoms. The second-order valence-electron chi connectivity index (χ2n) is 3.96. The molecule has 0 amide bonds. The van der Waals surface area contributed by atoms with E-state index in [9.17, 15) is 0 Å². The van der Waals surface area contributed by atoms with Crippen molar-refractivity contribution < 1.29 is 0 Å². The SMILES string of the molecule is CN/C=C(\N(C)C)C(C)(C)C. The van der Waals surface area contributed by atoms with Gasteiger partial charge in [-0.1, -0.05) is 20.8 Å². The number of rotatable bonds is 2. The molecule has 0 aromatic heterocycles. The Morgan fingerprint density at radius 1 is 1.27 bits per heavy atom. The van der Waals surface area contributed by atoms with Crippen molar-refractivity contribution in [3.8, 4) is 0 Å². The Labute approximate surface area is 70.3 Å². The Balaban J connectivity index is 4.49. The van der Waals surface area contributed by atoms with Gasteiger partial charge in [-0.05, 0) is 0 Å². The van der Waals surface area contributed by atoms with E-state index in [1.807, 2.05) is 13.2 Å². The molecule has 0 spiro atoms. The smallest absolute Gasteiger partial charge is 0.0341 e. The van der Waals surface area contributed by atoms with Crippen LogP contribution in [0.15, 0.2) is 11.9 Å². The zero-order chi connectivity index (χ0) is 9.07. The first kappa shape index (κ1) is 10.3. The minimum atomic E-state index is 0.215. The molecule has 66 valence electrons. The van der Waals surface area contributed by atoms with Crippen LogP contribution in [0, 0.1) is 5.41 Å². The number of nitrogens with one attached hydrogen (secondary N) is 1. The average molecular weight is 156 g/mol. The zero-order valence-corrected chi connectivity index (χ0v) is 8.52. The van der Waals surface area contributed by atoms with Gasteiger partial charge in [-0.25, -0.2) is 0 Å². The molecule has 2 nitrogen and oxygen atoms in total. The van der Waals surface area contributed by atoms with E-state index in [1.165, 1.54) is 5.70 Å². The summed E-state index contributed by atoms with van der Waals surface area (Å²) in [5.41, 5.74) is 1.52. The summed E-state index contributed by atoms with van der Waals surface area (Å²) in [5, 5.41) is 3.05. The van der Waals surface area contributed by atoms with E-state index in [1.54, 1.807) is 0 Å². The maximum atomic E-state index is 3.05. The molecule has 0 bridgehead atoms. The van der Waals surface area contributed by atoms with E-state index in [4.69, 9.17) is 0 Å². The van der Waals surface area contributed by atoms with Gasteiger partial charge in [0.15, 0.2) is 0 Å². The Hall–Kier alpha value is -0.660. The molecule has 0 aliphatic carbocycles. The van der Waals surface area contributed by atoms with E-state index in [-0.39, 0.29) is 5.41 Å². The molecule has 0 unspecified atom stereocenters. The largest absolute Gasteiger partial charge is 0.393 e. The summed E-state index contributed by atoms with van der Waals surface area (Å²) in [4.78, 5) is 2.14. The quantitative estimate of drug-likeness (QED) is 0.654. The number of nitrogens with zero attached hydrogens (tertiary/aromatic N) is 1. The molecule has 0 aliphatic heterocycles. The third-order valence-electron chi connectivity index (χ3n) is 1.53. The molecule has 0 radical (unpaired) electrons. The lowest BCUT2D eigenvalue weighted by molar-refractivity contribution is 0.350. The molecule has 0 aliphatic rings. The maximum Gasteiger partial charge on any atom is 0.0341 e. The molecule has 1 N–H and O–H groups in total. The highest BCUT2D eigenvalue weighted by atomic mass is 15.1. The molecular formula is C9H20N2. The van der Waals surface area contributed by atoms with E-state index in [0.29, 0.717) is 0 Å². The van der Waals surface area contributed by atoms with Crippen LogP contribution in [-0.4, -0.2) is 26.0 Å². The maximum absolute atomic E-state index is 3.05. The van der Waals surface area contributed by atoms with Crippen molar-refractivity contribution in [3.63, 3.8) is 0 Å². The van der Waals surface area contributed by atoms with Crippen LogP contribution in [-0.2, 0) is 0 Å². The van der Waals surface area contributed by atoms with Crippen molar-refractivity contribution >= 4 is 0 Å². The normalized spacial score (nSPS) is 13.1. The molecule has 0 aromatic rings. The third-order valence-corrected chi connectivity index (χ3v) is 1.53. The summed E-state index contributed by atoms with van der Waals surface area (Å²) in [6, 6.07) is 0. The fourth-order valence-corrected chi connectivity index (χ4v) is 1.15. The second kappa shape index (κ2) is 3.65. The van der Waals surface area contributed by atoms with Crippen LogP contribution in [0.25, 0.3) is 0 Å². The summed E-state index contributed by atoms with van der Waals surface area (Å²) >= 11 is 0. The first-order valence-corrected chi connectivity index (χ1v) is 3.95. The van der Waals surface area contributed by atoms with Gasteiger partial charge in [0.05, 0.1) is 0 Å². The van der Waals surface area contributed by atoms with Crippen molar-refractivity contribution in [2.24, 2.45) is 5.41 Å². The van der Waals surface area contributed by atoms with Gasteiger partial charge in [-0.15, -0.1) is 0 Å². The minimum absolute atomic E-state index is 0.215. The van der Waals surface area contributed by atoms with Gasteiger partial charge in [0, 0.05) is 38.5 Å². The van der Waals surface area contributed by atoms with Crippen LogP contribution < -0.4 is 5.32 Å². The van der Waals surface area contributed by atoms with Gasteiger partial charge >= 0.3 is 0 Å². The van der Waals surface area contributed by atoms with Crippen molar-refractivity contribution in [3.05, 3.63) is 11.9 Å². The van der Waals surface area contributed by atoms with Crippen molar-refractivity contribution in [2.75, 3.05) is 21.1 Å². The lowest BCUT2D eigenvalue weighted by atomic mass is 9.92. The lowest BCUT2D eigenvalue weighted by Gasteiger charge is -2.29. The van der Waals surface area contributed by atoms with Gasteiger partial charge in [0.25, 0.3) is 0 Å². The summed E-state index contributed by atoms with van der Waals surface area (Å²) < 4.78 is 0. The predicted octanol–water partition coefficient (Wildman–Crippen LogP) is 1.65. The molecule has 0 rings (SSSR count). The van der Waals surface area contributed by atoms with Crippen LogP contribution in [0.3, 0.4) is 0 Å². The molecular weight excluding hydrogens is 136 g/mol. The van der Waals surface area contributed by atoms with Crippen LogP contribution in [0.5, 0.6) is 0 Å². The first-order valence-electron chi connectivity index (χ1n) is 3.95. The topological polar surface area (TPSA) is 15.3 Å². The van der Waals surface area contributed by atoms with E-state index >= 15 is 0 Å². The van der Waals surface area contributed by atoms with Gasteiger partial charge in [0.1, 0.15) is 0 Å². The zero-order valence-electron chi connectivity index (χ0n) is 8.52. The van der Waals surface area contributed by atoms with E-state index in [0.717, 1.165) is 0 Å². The Morgan fingerprint density at radius 2 is 1.73 bits per heavy atom. The third kappa shape index (κ3) is 3.30. The first-order chi connectivity index (χ1) is 4.89. The van der Waals surface area contributed by atoms with E-state index in [2.05, 4.69) is 45.1 Å². The van der Waals surface area contributed by atoms with Gasteiger partial charge in [0.2, 0.25) is 0 Å². The van der Waals surface area contributed by atoms with Crippen molar-refractivity contribution in [1.29, 1.82) is 0 Å². The van der Waals surface area contributed by atoms with Crippen LogP contribution >= 0.6 is 0 Å². The Morgan fingerprint density at radius 3 is 1.82 bits per heavy atom. The molecule has 0 heterocycles. The molecule has 0 atom stereocenters. The summed E-state index contributed by atoms with van der Waals surface area (Å²) in [6.45, 7) is 6.61. The van der Waals surface area contributed by atoms with E-state index < -0.39 is 0 Å². The monoisotopic (exact) mass is 156 g/mol. The minimum Gasteiger partial charge on any atom is -0.393 e. The molecule has 0 fully saturated rings. The molecule has 0 aromatic carbocycles. The highest BCUT2D eigenvalue weighted by Crippen LogP contribution is 2.25. The summed E-state index contributed by atoms with van der Waals surface area (Å²) in [5.74, 6) is 0. The summed E-state index contributed by atoms with van der Waals surface area (Å²) in [7, 11) is 6.05. The predicted molar refractivity (Wildman–Crippen MR) is 50.3 cm³/mol. The molecule has 0 saturated carbocycles. The molecule has 0 saturated heterocycles. The van der Waals surface area contributed by atoms with Crippen molar-refractivity contribution in [1.82, 2.24) is 10.2 Å². The summed E-state index contributed by atoms with van der Waals surface area (Å²) in [6.07, 6.45) is 2.04. The highest BCUT2D eigenvalue weighted by Gasteiger charge is 2.17. The lowest BCUT2D eigenvalue weighted by Crippen LogP contribution is -2.25. The number of hydrogen-bond acceptors (Lipinski definition) is 2. The van der Waals surface area contributed by atoms with Crippen molar-refractivity contribution in [2.45, 2.75) is 20.8 Å². The average Bonchev–Trinajstić information content (AvgIpc) is 1.79. The Bertz CT molecular complexity index is 140. The van der Waals surface area contributed by atoms with Crippen LogP contribution in [0.4, 0.5) is 0 Å². The van der Waals surface area contributed by atoms with Gasteiger partial charge in [-0.3, -0.25) is 0 Å². The fourth-order valence-electron chi connectivity index (χ4n) is 1.15.